The van der Waals surface area contributed by atoms with Crippen molar-refractivity contribution in [2.24, 2.45) is 5.41 Å². The molecule has 1 atom stereocenters. The lowest BCUT2D eigenvalue weighted by molar-refractivity contribution is -0.140. The highest BCUT2D eigenvalue weighted by Gasteiger charge is 2.48. The molecule has 9 heteroatoms. The van der Waals surface area contributed by atoms with E-state index in [1.165, 1.54) is 12.4 Å². The Morgan fingerprint density at radius 2 is 1.65 bits per heavy atom. The third kappa shape index (κ3) is 4.95. The van der Waals surface area contributed by atoms with Crippen LogP contribution >= 0.6 is 23.2 Å². The van der Waals surface area contributed by atoms with E-state index in [2.05, 4.69) is 15.6 Å². The lowest BCUT2D eigenvalue weighted by Gasteiger charge is -2.41. The number of aliphatic carboxylic acids is 1. The molecule has 4 rings (SSSR count). The van der Waals surface area contributed by atoms with Crippen LogP contribution in [0.25, 0.3) is 0 Å². The number of carbonyl (C=O) groups excluding carboxylic acids is 2. The molecule has 178 valence electrons. The zero-order chi connectivity index (χ0) is 24.3. The molecule has 1 spiro atoms. The number of hydrogen-bond acceptors (Lipinski definition) is 5. The number of nitrogens with one attached hydrogen (secondary N) is 2. The van der Waals surface area contributed by atoms with E-state index in [1.807, 2.05) is 0 Å². The van der Waals surface area contributed by atoms with Crippen LogP contribution in [0.4, 0.5) is 5.69 Å². The van der Waals surface area contributed by atoms with E-state index < -0.39 is 23.3 Å². The molecule has 0 bridgehead atoms. The molecule has 1 aromatic heterocycles. The molecular formula is C25H25Cl2N3O4. The van der Waals surface area contributed by atoms with E-state index in [1.54, 1.807) is 30.3 Å². The molecule has 2 aliphatic rings. The molecular weight excluding hydrogens is 477 g/mol. The van der Waals surface area contributed by atoms with Crippen LogP contribution < -0.4 is 10.6 Å². The second-order valence-electron chi connectivity index (χ2n) is 8.79. The van der Waals surface area contributed by atoms with E-state index in [-0.39, 0.29) is 27.8 Å². The number of aromatic nitrogens is 1. The van der Waals surface area contributed by atoms with Crippen molar-refractivity contribution in [1.29, 1.82) is 0 Å². The monoisotopic (exact) mass is 501 g/mol. The molecule has 2 aromatic rings. The van der Waals surface area contributed by atoms with Crippen molar-refractivity contribution >= 4 is 46.5 Å². The largest absolute Gasteiger partial charge is 0.480 e. The van der Waals surface area contributed by atoms with Gasteiger partial charge in [0.15, 0.2) is 5.78 Å². The van der Waals surface area contributed by atoms with E-state index in [0.717, 1.165) is 49.8 Å². The molecule has 1 saturated carbocycles. The van der Waals surface area contributed by atoms with Crippen LogP contribution in [0.15, 0.2) is 48.4 Å². The van der Waals surface area contributed by atoms with Crippen molar-refractivity contribution in [2.75, 3.05) is 5.32 Å². The van der Waals surface area contributed by atoms with E-state index in [9.17, 15) is 19.5 Å². The van der Waals surface area contributed by atoms with Gasteiger partial charge in [0.05, 0.1) is 21.0 Å². The first kappa shape index (κ1) is 24.2. The summed E-state index contributed by atoms with van der Waals surface area (Å²) in [7, 11) is 0. The molecule has 0 saturated heterocycles. The number of carboxylic acid groups (broad SMARTS) is 1. The van der Waals surface area contributed by atoms with E-state index in [0.29, 0.717) is 5.69 Å². The number of nitrogens with zero attached hydrogens (tertiary/aromatic N) is 1. The molecule has 7 nitrogen and oxygen atoms in total. The molecule has 0 aliphatic heterocycles. The fourth-order valence-corrected chi connectivity index (χ4v) is 5.20. The van der Waals surface area contributed by atoms with Gasteiger partial charge in [-0.25, -0.2) is 4.79 Å². The summed E-state index contributed by atoms with van der Waals surface area (Å²) in [6, 6.07) is 6.02. The SMILES string of the molecule is O=C(Nc1ccc(C[C@H](NC2=CC(=O)C23CCCCCC3)C(=O)O)cc1)c1c(Cl)cncc1Cl. The fourth-order valence-electron chi connectivity index (χ4n) is 4.66. The van der Waals surface area contributed by atoms with Gasteiger partial charge in [-0.05, 0) is 30.5 Å². The minimum Gasteiger partial charge on any atom is -0.480 e. The molecule has 1 amide bonds. The highest BCUT2D eigenvalue weighted by molar-refractivity contribution is 6.40. The normalized spacial score (nSPS) is 17.8. The Balaban J connectivity index is 1.42. The van der Waals surface area contributed by atoms with Crippen LogP contribution in [0, 0.1) is 5.41 Å². The van der Waals surface area contributed by atoms with Crippen molar-refractivity contribution in [3.63, 3.8) is 0 Å². The number of benzene rings is 1. The van der Waals surface area contributed by atoms with Crippen LogP contribution in [0.1, 0.15) is 54.4 Å². The van der Waals surface area contributed by atoms with E-state index >= 15 is 0 Å². The van der Waals surface area contributed by atoms with Gasteiger partial charge in [0.1, 0.15) is 6.04 Å². The van der Waals surface area contributed by atoms with Crippen molar-refractivity contribution in [2.45, 2.75) is 51.0 Å². The zero-order valence-electron chi connectivity index (χ0n) is 18.4. The summed E-state index contributed by atoms with van der Waals surface area (Å²) >= 11 is 12.1. The summed E-state index contributed by atoms with van der Waals surface area (Å²) < 4.78 is 0. The lowest BCUT2D eigenvalue weighted by atomic mass is 9.66. The average Bonchev–Trinajstić information content (AvgIpc) is 3.08. The second-order valence-corrected chi connectivity index (χ2v) is 9.60. The van der Waals surface area contributed by atoms with Crippen molar-refractivity contribution < 1.29 is 19.5 Å². The Labute approximate surface area is 207 Å². The Morgan fingerprint density at radius 3 is 2.21 bits per heavy atom. The molecule has 34 heavy (non-hydrogen) atoms. The number of anilines is 1. The van der Waals surface area contributed by atoms with Gasteiger partial charge >= 0.3 is 5.97 Å². The zero-order valence-corrected chi connectivity index (χ0v) is 20.0. The molecule has 0 unspecified atom stereocenters. The smallest absolute Gasteiger partial charge is 0.326 e. The summed E-state index contributed by atoms with van der Waals surface area (Å²) in [6.45, 7) is 0. The van der Waals surface area contributed by atoms with Gasteiger partial charge in [0, 0.05) is 36.3 Å². The van der Waals surface area contributed by atoms with E-state index in [4.69, 9.17) is 23.2 Å². The van der Waals surface area contributed by atoms with Gasteiger partial charge in [-0.2, -0.15) is 0 Å². The summed E-state index contributed by atoms with van der Waals surface area (Å²) in [6.07, 6.45) is 10.2. The quantitative estimate of drug-likeness (QED) is 0.490. The van der Waals surface area contributed by atoms with Crippen molar-refractivity contribution in [3.05, 3.63) is 69.6 Å². The average molecular weight is 502 g/mol. The Bertz CT molecular complexity index is 1120. The van der Waals surface area contributed by atoms with Gasteiger partial charge in [0.25, 0.3) is 5.91 Å². The Morgan fingerprint density at radius 1 is 1.03 bits per heavy atom. The molecule has 1 aromatic carbocycles. The van der Waals surface area contributed by atoms with Gasteiger partial charge in [0.2, 0.25) is 0 Å². The topological polar surface area (TPSA) is 108 Å². The van der Waals surface area contributed by atoms with Crippen LogP contribution in [0.3, 0.4) is 0 Å². The number of halogens is 2. The van der Waals surface area contributed by atoms with Crippen LogP contribution in [-0.4, -0.2) is 33.8 Å². The standard InChI is InChI=1S/C25H25Cl2N3O4/c26-17-13-28-14-18(27)22(17)23(32)29-16-7-5-15(6-8-16)11-19(24(33)34)30-20-12-21(31)25(20)9-3-1-2-4-10-25/h5-8,12-14,19,30H,1-4,9-11H2,(H,29,32)(H,33,34)/t19-/m0/s1. The minimum absolute atomic E-state index is 0.107. The first-order chi connectivity index (χ1) is 16.3. The number of allylic oxidation sites excluding steroid dienone is 2. The third-order valence-electron chi connectivity index (χ3n) is 6.58. The summed E-state index contributed by atoms with van der Waals surface area (Å²) in [5.74, 6) is -1.34. The van der Waals surface area contributed by atoms with Crippen LogP contribution in [0.5, 0.6) is 0 Å². The molecule has 1 heterocycles. The number of hydrogen-bond donors (Lipinski definition) is 3. The number of carboxylic acids is 1. The van der Waals surface area contributed by atoms with Gasteiger partial charge in [-0.15, -0.1) is 0 Å². The summed E-state index contributed by atoms with van der Waals surface area (Å²) in [5.41, 5.74) is 1.64. The first-order valence-electron chi connectivity index (χ1n) is 11.3. The number of rotatable bonds is 7. The number of ketones is 1. The molecule has 3 N–H and O–H groups in total. The first-order valence-corrected chi connectivity index (χ1v) is 12.0. The van der Waals surface area contributed by atoms with Crippen LogP contribution in [-0.2, 0) is 16.0 Å². The highest BCUT2D eigenvalue weighted by atomic mass is 35.5. The highest BCUT2D eigenvalue weighted by Crippen LogP contribution is 2.47. The third-order valence-corrected chi connectivity index (χ3v) is 7.15. The number of carbonyl (C=O) groups is 3. The van der Waals surface area contributed by atoms with Crippen molar-refractivity contribution in [3.8, 4) is 0 Å². The molecule has 1 fully saturated rings. The maximum absolute atomic E-state index is 12.5. The lowest BCUT2D eigenvalue weighted by Crippen LogP contribution is -2.50. The second kappa shape index (κ2) is 10.2. The summed E-state index contributed by atoms with van der Waals surface area (Å²) in [5, 5.41) is 16.0. The minimum atomic E-state index is -0.983. The predicted molar refractivity (Wildman–Crippen MR) is 130 cm³/mol. The maximum atomic E-state index is 12.5. The predicted octanol–water partition coefficient (Wildman–Crippen LogP) is 5.03. The van der Waals surface area contributed by atoms with Gasteiger partial charge in [-0.1, -0.05) is 61.0 Å². The summed E-state index contributed by atoms with van der Waals surface area (Å²) in [4.78, 5) is 40.8. The fraction of sp³-hybridized carbons (Fsp3) is 0.360. The maximum Gasteiger partial charge on any atom is 0.326 e. The van der Waals surface area contributed by atoms with Gasteiger partial charge < -0.3 is 15.7 Å². The van der Waals surface area contributed by atoms with Gasteiger partial charge in [-0.3, -0.25) is 14.6 Å². The van der Waals surface area contributed by atoms with Crippen molar-refractivity contribution in [1.82, 2.24) is 10.3 Å². The molecule has 0 radical (unpaired) electrons. The Hall–Kier alpha value is -2.90. The van der Waals surface area contributed by atoms with Crippen LogP contribution in [0.2, 0.25) is 10.0 Å². The Kier molecular flexibility index (Phi) is 7.24. The molecule has 2 aliphatic carbocycles. The number of pyridine rings is 1. The number of amides is 1.